The lowest BCUT2D eigenvalue weighted by Crippen LogP contribution is -2.44. The summed E-state index contributed by atoms with van der Waals surface area (Å²) in [4.78, 5) is 18.6. The van der Waals surface area contributed by atoms with Crippen molar-refractivity contribution in [2.45, 2.75) is 56.0 Å². The van der Waals surface area contributed by atoms with Gasteiger partial charge in [-0.2, -0.15) is 17.5 Å². The third-order valence-corrected chi connectivity index (χ3v) is 8.59. The van der Waals surface area contributed by atoms with Gasteiger partial charge in [0.15, 0.2) is 0 Å². The highest BCUT2D eigenvalue weighted by molar-refractivity contribution is 7.89. The van der Waals surface area contributed by atoms with Crippen LogP contribution in [0.3, 0.4) is 0 Å². The molecule has 33 heavy (non-hydrogen) atoms. The van der Waals surface area contributed by atoms with Crippen molar-refractivity contribution in [2.24, 2.45) is 13.0 Å². The highest BCUT2D eigenvalue weighted by atomic mass is 32.2. The van der Waals surface area contributed by atoms with E-state index in [1.165, 1.54) is 9.21 Å². The van der Waals surface area contributed by atoms with Gasteiger partial charge in [-0.15, -0.1) is 0 Å². The summed E-state index contributed by atoms with van der Waals surface area (Å²) in [5.74, 6) is -1.19. The minimum Gasteiger partial charge on any atom is -0.342 e. The first kappa shape index (κ1) is 24.0. The van der Waals surface area contributed by atoms with Crippen LogP contribution in [0.2, 0.25) is 0 Å². The van der Waals surface area contributed by atoms with E-state index in [9.17, 15) is 26.4 Å². The highest BCUT2D eigenvalue weighted by Gasteiger charge is 2.42. The van der Waals surface area contributed by atoms with Gasteiger partial charge in [0, 0.05) is 46.1 Å². The monoisotopic (exact) mass is 486 g/mol. The number of benzene rings is 1. The first-order chi connectivity index (χ1) is 15.6. The minimum absolute atomic E-state index is 0.0562. The predicted molar refractivity (Wildman–Crippen MR) is 117 cm³/mol. The number of rotatable bonds is 5. The highest BCUT2D eigenvalue weighted by Crippen LogP contribution is 2.33. The molecular formula is C22H29F3N4O3S. The molecule has 2 aromatic rings. The van der Waals surface area contributed by atoms with E-state index in [0.29, 0.717) is 37.4 Å². The van der Waals surface area contributed by atoms with Crippen molar-refractivity contribution < 1.29 is 26.4 Å². The standard InChI is InChI=1S/C22H29F3N4O3S/c1-27-19-8-7-17(33(31,32)29-12-3-2-4-13-29)14-18(19)26-20(27)9-10-21(30)28-11-5-6-16(15-28)22(23,24)25/h7-8,14,16H,2-6,9-13,15H2,1H3. The number of amides is 1. The van der Waals surface area contributed by atoms with E-state index < -0.39 is 22.1 Å². The second-order valence-corrected chi connectivity index (χ2v) is 10.9. The summed E-state index contributed by atoms with van der Waals surface area (Å²) in [6.45, 7) is 1.08. The van der Waals surface area contributed by atoms with Crippen molar-refractivity contribution in [3.8, 4) is 0 Å². The number of alkyl halides is 3. The van der Waals surface area contributed by atoms with Gasteiger partial charge in [0.1, 0.15) is 5.82 Å². The van der Waals surface area contributed by atoms with E-state index in [1.807, 2.05) is 0 Å². The molecule has 0 aliphatic carbocycles. The molecule has 1 aromatic heterocycles. The van der Waals surface area contributed by atoms with Crippen LogP contribution in [0.25, 0.3) is 11.0 Å². The molecule has 4 rings (SSSR count). The smallest absolute Gasteiger partial charge is 0.342 e. The number of carbonyl (C=O) groups excluding carboxylic acids is 1. The molecule has 0 radical (unpaired) electrons. The lowest BCUT2D eigenvalue weighted by atomic mass is 9.97. The Bertz CT molecular complexity index is 1120. The molecule has 0 N–H and O–H groups in total. The Morgan fingerprint density at radius 2 is 1.85 bits per heavy atom. The molecule has 1 atom stereocenters. The van der Waals surface area contributed by atoms with Crippen molar-refractivity contribution in [3.63, 3.8) is 0 Å². The Balaban J connectivity index is 1.46. The largest absolute Gasteiger partial charge is 0.393 e. The number of sulfonamides is 1. The molecule has 1 unspecified atom stereocenters. The quantitative estimate of drug-likeness (QED) is 0.649. The van der Waals surface area contributed by atoms with E-state index in [0.717, 1.165) is 24.8 Å². The average molecular weight is 487 g/mol. The molecule has 3 heterocycles. The number of carbonyl (C=O) groups is 1. The van der Waals surface area contributed by atoms with Gasteiger partial charge in [0.25, 0.3) is 0 Å². The zero-order valence-electron chi connectivity index (χ0n) is 18.6. The van der Waals surface area contributed by atoms with E-state index in [2.05, 4.69) is 4.98 Å². The lowest BCUT2D eigenvalue weighted by molar-refractivity contribution is -0.188. The van der Waals surface area contributed by atoms with Crippen LogP contribution < -0.4 is 0 Å². The molecule has 2 saturated heterocycles. The number of piperidine rings is 2. The predicted octanol–water partition coefficient (Wildman–Crippen LogP) is 3.48. The number of aryl methyl sites for hydroxylation is 2. The van der Waals surface area contributed by atoms with Gasteiger partial charge in [0.2, 0.25) is 15.9 Å². The summed E-state index contributed by atoms with van der Waals surface area (Å²) in [7, 11) is -1.80. The summed E-state index contributed by atoms with van der Waals surface area (Å²) in [5, 5.41) is 0. The lowest BCUT2D eigenvalue weighted by Gasteiger charge is -2.33. The fraction of sp³-hybridized carbons (Fsp3) is 0.636. The molecule has 0 spiro atoms. The number of imidazole rings is 1. The maximum atomic E-state index is 13.0. The summed E-state index contributed by atoms with van der Waals surface area (Å²) in [6.07, 6.45) is -0.832. The summed E-state index contributed by atoms with van der Waals surface area (Å²) in [5.41, 5.74) is 1.26. The van der Waals surface area contributed by atoms with Gasteiger partial charge in [-0.25, -0.2) is 13.4 Å². The van der Waals surface area contributed by atoms with E-state index >= 15 is 0 Å². The summed E-state index contributed by atoms with van der Waals surface area (Å²) >= 11 is 0. The van der Waals surface area contributed by atoms with Gasteiger partial charge >= 0.3 is 6.18 Å². The third-order valence-electron chi connectivity index (χ3n) is 6.70. The minimum atomic E-state index is -4.29. The van der Waals surface area contributed by atoms with E-state index in [-0.39, 0.29) is 36.6 Å². The van der Waals surface area contributed by atoms with Crippen molar-refractivity contribution in [3.05, 3.63) is 24.0 Å². The second-order valence-electron chi connectivity index (χ2n) is 8.92. The number of likely N-dealkylation sites (tertiary alicyclic amines) is 1. The van der Waals surface area contributed by atoms with Gasteiger partial charge in [-0.05, 0) is 43.9 Å². The van der Waals surface area contributed by atoms with Crippen LogP contribution in [0.1, 0.15) is 44.3 Å². The fourth-order valence-electron chi connectivity index (χ4n) is 4.72. The molecule has 0 bridgehead atoms. The molecular weight excluding hydrogens is 457 g/mol. The van der Waals surface area contributed by atoms with Crippen LogP contribution in [0.5, 0.6) is 0 Å². The molecule has 1 amide bonds. The maximum Gasteiger partial charge on any atom is 0.393 e. The van der Waals surface area contributed by atoms with E-state index in [1.54, 1.807) is 29.8 Å². The molecule has 11 heteroatoms. The maximum absolute atomic E-state index is 13.0. The van der Waals surface area contributed by atoms with Crippen LogP contribution in [-0.4, -0.2) is 65.4 Å². The second kappa shape index (κ2) is 9.25. The van der Waals surface area contributed by atoms with Crippen LogP contribution in [0.4, 0.5) is 13.2 Å². The molecule has 182 valence electrons. The Morgan fingerprint density at radius 3 is 2.55 bits per heavy atom. The number of hydrogen-bond acceptors (Lipinski definition) is 4. The molecule has 0 saturated carbocycles. The third kappa shape index (κ3) is 5.03. The number of halogens is 3. The van der Waals surface area contributed by atoms with E-state index in [4.69, 9.17) is 0 Å². The van der Waals surface area contributed by atoms with Crippen LogP contribution in [0, 0.1) is 5.92 Å². The van der Waals surface area contributed by atoms with Gasteiger partial charge < -0.3 is 9.47 Å². The Hall–Kier alpha value is -2.14. The van der Waals surface area contributed by atoms with Gasteiger partial charge in [0.05, 0.1) is 21.8 Å². The SMILES string of the molecule is Cn1c(CCC(=O)N2CCCC(C(F)(F)F)C2)nc2cc(S(=O)(=O)N3CCCCC3)ccc21. The van der Waals surface area contributed by atoms with Crippen molar-refractivity contribution >= 4 is 27.0 Å². The van der Waals surface area contributed by atoms with Crippen molar-refractivity contribution in [2.75, 3.05) is 26.2 Å². The Labute approximate surface area is 191 Å². The molecule has 1 aromatic carbocycles. The first-order valence-electron chi connectivity index (χ1n) is 11.4. The Morgan fingerprint density at radius 1 is 1.12 bits per heavy atom. The molecule has 2 aliphatic rings. The molecule has 7 nitrogen and oxygen atoms in total. The van der Waals surface area contributed by atoms with Crippen LogP contribution >= 0.6 is 0 Å². The van der Waals surface area contributed by atoms with Crippen molar-refractivity contribution in [1.29, 1.82) is 0 Å². The van der Waals surface area contributed by atoms with Crippen molar-refractivity contribution in [1.82, 2.24) is 18.8 Å². The topological polar surface area (TPSA) is 75.5 Å². The van der Waals surface area contributed by atoms with Gasteiger partial charge in [-0.1, -0.05) is 6.42 Å². The zero-order valence-corrected chi connectivity index (χ0v) is 19.5. The molecule has 2 fully saturated rings. The zero-order chi connectivity index (χ0) is 23.8. The molecule has 2 aliphatic heterocycles. The Kier molecular flexibility index (Phi) is 6.73. The van der Waals surface area contributed by atoms with Crippen LogP contribution in [0.15, 0.2) is 23.1 Å². The van der Waals surface area contributed by atoms with Crippen LogP contribution in [-0.2, 0) is 28.3 Å². The van der Waals surface area contributed by atoms with Gasteiger partial charge in [-0.3, -0.25) is 4.79 Å². The normalized spacial score (nSPS) is 21.0. The number of nitrogens with zero attached hydrogens (tertiary/aromatic N) is 4. The summed E-state index contributed by atoms with van der Waals surface area (Å²) < 4.78 is 68.4. The first-order valence-corrected chi connectivity index (χ1v) is 12.8. The fourth-order valence-corrected chi connectivity index (χ4v) is 6.25. The number of aromatic nitrogens is 2. The average Bonchev–Trinajstić information content (AvgIpc) is 3.12. The number of hydrogen-bond donors (Lipinski definition) is 0. The number of fused-ring (bicyclic) bond motifs is 1. The summed E-state index contributed by atoms with van der Waals surface area (Å²) in [6, 6.07) is 4.85.